The number of benzene rings is 1. The summed E-state index contributed by atoms with van der Waals surface area (Å²) in [7, 11) is 0. The fourth-order valence-electron chi connectivity index (χ4n) is 1.75. The molecule has 0 radical (unpaired) electrons. The van der Waals surface area contributed by atoms with Gasteiger partial charge in [0, 0.05) is 17.3 Å². The number of nitrogens with zero attached hydrogens (tertiary/aromatic N) is 3. The molecule has 0 bridgehead atoms. The first-order chi connectivity index (χ1) is 8.24. The van der Waals surface area contributed by atoms with Crippen LogP contribution in [0.2, 0.25) is 0 Å². The highest BCUT2D eigenvalue weighted by atomic mass is 19.1. The van der Waals surface area contributed by atoms with Crippen LogP contribution in [0.1, 0.15) is 0 Å². The van der Waals surface area contributed by atoms with Crippen LogP contribution in [0.4, 0.5) is 10.3 Å². The second-order valence-electron chi connectivity index (χ2n) is 3.67. The van der Waals surface area contributed by atoms with Gasteiger partial charge in [0.05, 0.1) is 0 Å². The maximum atomic E-state index is 13.6. The number of pyridine rings is 1. The molecule has 2 N–H and O–H groups in total. The van der Waals surface area contributed by atoms with E-state index in [0.717, 1.165) is 5.56 Å². The van der Waals surface area contributed by atoms with Gasteiger partial charge < -0.3 is 5.73 Å². The first-order valence-corrected chi connectivity index (χ1v) is 5.11. The van der Waals surface area contributed by atoms with E-state index in [4.69, 9.17) is 5.73 Å². The third-order valence-corrected chi connectivity index (χ3v) is 2.53. The average Bonchev–Trinajstić information content (AvgIpc) is 2.68. The van der Waals surface area contributed by atoms with Crippen LogP contribution in [0.15, 0.2) is 42.6 Å². The van der Waals surface area contributed by atoms with E-state index in [-0.39, 0.29) is 11.8 Å². The molecule has 0 saturated heterocycles. The van der Waals surface area contributed by atoms with Gasteiger partial charge in [0.15, 0.2) is 5.65 Å². The Bertz CT molecular complexity index is 690. The molecule has 4 nitrogen and oxygen atoms in total. The molecular weight excluding hydrogens is 219 g/mol. The van der Waals surface area contributed by atoms with E-state index in [1.54, 1.807) is 36.5 Å². The van der Waals surface area contributed by atoms with E-state index >= 15 is 0 Å². The lowest BCUT2D eigenvalue weighted by Crippen LogP contribution is -1.91. The van der Waals surface area contributed by atoms with Gasteiger partial charge in [-0.05, 0) is 18.2 Å². The topological polar surface area (TPSA) is 56.2 Å². The van der Waals surface area contributed by atoms with Crippen LogP contribution in [-0.4, -0.2) is 14.6 Å². The summed E-state index contributed by atoms with van der Waals surface area (Å²) >= 11 is 0. The summed E-state index contributed by atoms with van der Waals surface area (Å²) in [6.45, 7) is 0. The van der Waals surface area contributed by atoms with Crippen LogP contribution in [-0.2, 0) is 0 Å². The molecule has 0 aliphatic rings. The Morgan fingerprint density at radius 2 is 1.94 bits per heavy atom. The van der Waals surface area contributed by atoms with Crippen LogP contribution < -0.4 is 5.73 Å². The summed E-state index contributed by atoms with van der Waals surface area (Å²) in [5.41, 5.74) is 7.40. The molecule has 0 fully saturated rings. The van der Waals surface area contributed by atoms with Gasteiger partial charge in [0.2, 0.25) is 5.95 Å². The third kappa shape index (κ3) is 1.61. The lowest BCUT2D eigenvalue weighted by atomic mass is 10.1. The second kappa shape index (κ2) is 3.55. The number of anilines is 1. The lowest BCUT2D eigenvalue weighted by molar-refractivity contribution is 0.631. The minimum absolute atomic E-state index is 0.204. The Hall–Kier alpha value is -2.43. The van der Waals surface area contributed by atoms with Crippen LogP contribution in [0.25, 0.3) is 16.8 Å². The SMILES string of the molecule is Nc1nc2ccc(-c3ccccc3F)cn2n1. The molecule has 0 saturated carbocycles. The highest BCUT2D eigenvalue weighted by Crippen LogP contribution is 2.22. The van der Waals surface area contributed by atoms with Gasteiger partial charge in [0.1, 0.15) is 5.82 Å². The molecule has 0 aliphatic heterocycles. The predicted molar refractivity (Wildman–Crippen MR) is 62.8 cm³/mol. The maximum Gasteiger partial charge on any atom is 0.240 e. The summed E-state index contributed by atoms with van der Waals surface area (Å²) in [5, 5.41) is 3.99. The fourth-order valence-corrected chi connectivity index (χ4v) is 1.75. The highest BCUT2D eigenvalue weighted by Gasteiger charge is 2.06. The van der Waals surface area contributed by atoms with Crippen molar-refractivity contribution in [3.63, 3.8) is 0 Å². The van der Waals surface area contributed by atoms with Crippen LogP contribution >= 0.6 is 0 Å². The van der Waals surface area contributed by atoms with E-state index in [0.29, 0.717) is 11.2 Å². The van der Waals surface area contributed by atoms with E-state index in [1.165, 1.54) is 10.6 Å². The number of nitrogens with two attached hydrogens (primary N) is 1. The van der Waals surface area contributed by atoms with E-state index in [2.05, 4.69) is 10.1 Å². The number of hydrogen-bond acceptors (Lipinski definition) is 3. The summed E-state index contributed by atoms with van der Waals surface area (Å²) in [4.78, 5) is 4.01. The molecule has 5 heteroatoms. The van der Waals surface area contributed by atoms with Gasteiger partial charge in [-0.3, -0.25) is 0 Å². The van der Waals surface area contributed by atoms with Gasteiger partial charge in [-0.15, -0.1) is 5.10 Å². The van der Waals surface area contributed by atoms with Gasteiger partial charge in [-0.2, -0.15) is 4.98 Å². The van der Waals surface area contributed by atoms with Gasteiger partial charge in [-0.25, -0.2) is 8.91 Å². The maximum absolute atomic E-state index is 13.6. The molecule has 84 valence electrons. The van der Waals surface area contributed by atoms with Crippen molar-refractivity contribution >= 4 is 11.6 Å². The molecule has 3 aromatic rings. The molecule has 0 unspecified atom stereocenters. The number of aromatic nitrogens is 3. The molecular formula is C12H9FN4. The van der Waals surface area contributed by atoms with Crippen molar-refractivity contribution in [3.05, 3.63) is 48.4 Å². The first-order valence-electron chi connectivity index (χ1n) is 5.11. The number of nitrogen functional groups attached to an aromatic ring is 1. The Kier molecular flexibility index (Phi) is 2.04. The number of hydrogen-bond donors (Lipinski definition) is 1. The molecule has 0 amide bonds. The Labute approximate surface area is 96.5 Å². The minimum Gasteiger partial charge on any atom is -0.366 e. The standard InChI is InChI=1S/C12H9FN4/c13-10-4-2-1-3-9(10)8-5-6-11-15-12(14)16-17(11)7-8/h1-7H,(H2,14,16). The third-order valence-electron chi connectivity index (χ3n) is 2.53. The number of fused-ring (bicyclic) bond motifs is 1. The molecule has 17 heavy (non-hydrogen) atoms. The first kappa shape index (κ1) is 9.77. The van der Waals surface area contributed by atoms with E-state index < -0.39 is 0 Å². The zero-order valence-corrected chi connectivity index (χ0v) is 8.84. The van der Waals surface area contributed by atoms with Crippen molar-refractivity contribution in [2.45, 2.75) is 0 Å². The van der Waals surface area contributed by atoms with Gasteiger partial charge in [-0.1, -0.05) is 18.2 Å². The highest BCUT2D eigenvalue weighted by molar-refractivity contribution is 5.65. The molecule has 0 spiro atoms. The smallest absolute Gasteiger partial charge is 0.240 e. The van der Waals surface area contributed by atoms with Gasteiger partial charge in [0.25, 0.3) is 0 Å². The normalized spacial score (nSPS) is 10.9. The van der Waals surface area contributed by atoms with Gasteiger partial charge >= 0.3 is 0 Å². The van der Waals surface area contributed by atoms with E-state index in [9.17, 15) is 4.39 Å². The molecule has 0 aliphatic carbocycles. The van der Waals surface area contributed by atoms with Crippen LogP contribution in [0.3, 0.4) is 0 Å². The molecule has 2 aromatic heterocycles. The molecule has 3 rings (SSSR count). The zero-order valence-electron chi connectivity index (χ0n) is 8.84. The van der Waals surface area contributed by atoms with Crippen LogP contribution in [0.5, 0.6) is 0 Å². The lowest BCUT2D eigenvalue weighted by Gasteiger charge is -2.02. The minimum atomic E-state index is -0.264. The Balaban J connectivity index is 2.21. The summed E-state index contributed by atoms with van der Waals surface area (Å²) in [5.74, 6) is -0.0596. The van der Waals surface area contributed by atoms with Crippen molar-refractivity contribution in [1.82, 2.24) is 14.6 Å². The van der Waals surface area contributed by atoms with Crippen molar-refractivity contribution in [1.29, 1.82) is 0 Å². The van der Waals surface area contributed by atoms with Crippen molar-refractivity contribution in [2.24, 2.45) is 0 Å². The largest absolute Gasteiger partial charge is 0.366 e. The number of rotatable bonds is 1. The molecule has 1 aromatic carbocycles. The monoisotopic (exact) mass is 228 g/mol. The average molecular weight is 228 g/mol. The number of halogens is 1. The Morgan fingerprint density at radius 3 is 2.76 bits per heavy atom. The summed E-state index contributed by atoms with van der Waals surface area (Å²) in [6, 6.07) is 10.1. The van der Waals surface area contributed by atoms with Crippen molar-refractivity contribution in [3.8, 4) is 11.1 Å². The zero-order chi connectivity index (χ0) is 11.8. The predicted octanol–water partition coefficient (Wildman–Crippen LogP) is 2.12. The quantitative estimate of drug-likeness (QED) is 0.694. The Morgan fingerprint density at radius 1 is 1.12 bits per heavy atom. The second-order valence-corrected chi connectivity index (χ2v) is 3.67. The van der Waals surface area contributed by atoms with E-state index in [1.807, 2.05) is 0 Å². The van der Waals surface area contributed by atoms with Crippen molar-refractivity contribution < 1.29 is 4.39 Å². The van der Waals surface area contributed by atoms with Crippen LogP contribution in [0, 0.1) is 5.82 Å². The van der Waals surface area contributed by atoms with Crippen molar-refractivity contribution in [2.75, 3.05) is 5.73 Å². The molecule has 0 atom stereocenters. The fraction of sp³-hybridized carbons (Fsp3) is 0. The molecule has 2 heterocycles. The summed E-state index contributed by atoms with van der Waals surface area (Å²) in [6.07, 6.45) is 1.71. The summed E-state index contributed by atoms with van der Waals surface area (Å²) < 4.78 is 15.1.